The molecular formula is C67H109N19O21S. The summed E-state index contributed by atoms with van der Waals surface area (Å²) in [5, 5.41) is 67.3. The molecule has 1 fully saturated rings. The number of rotatable bonds is 51. The molecule has 14 amide bonds. The van der Waals surface area contributed by atoms with Crippen molar-refractivity contribution in [1.29, 1.82) is 0 Å². The van der Waals surface area contributed by atoms with Crippen LogP contribution in [0.15, 0.2) is 35.3 Å². The third kappa shape index (κ3) is 33.7. The van der Waals surface area contributed by atoms with Crippen molar-refractivity contribution in [1.82, 2.24) is 63.4 Å². The Morgan fingerprint density at radius 2 is 0.954 bits per heavy atom. The Labute approximate surface area is 628 Å². The van der Waals surface area contributed by atoms with Gasteiger partial charge in [0.2, 0.25) is 82.7 Å². The third-order valence-electron chi connectivity index (χ3n) is 17.3. The fraction of sp³-hybridized carbons (Fsp3) is 0.642. The minimum Gasteiger partial charge on any atom is -0.481 e. The van der Waals surface area contributed by atoms with E-state index in [0.29, 0.717) is 24.2 Å². The lowest BCUT2D eigenvalue weighted by molar-refractivity contribution is -0.143. The molecule has 108 heavy (non-hydrogen) atoms. The van der Waals surface area contributed by atoms with E-state index in [-0.39, 0.29) is 77.0 Å². The van der Waals surface area contributed by atoms with Crippen LogP contribution in [0.3, 0.4) is 0 Å². The molecule has 1 heterocycles. The van der Waals surface area contributed by atoms with Gasteiger partial charge in [0.05, 0.1) is 25.0 Å². The first kappa shape index (κ1) is 93.8. The van der Waals surface area contributed by atoms with E-state index in [2.05, 4.69) is 63.5 Å². The van der Waals surface area contributed by atoms with Crippen molar-refractivity contribution >= 4 is 118 Å². The fourth-order valence-electron chi connectivity index (χ4n) is 11.1. The number of thioether (sulfide) groups is 1. The number of unbranched alkanes of at least 4 members (excludes halogenated alkanes) is 1. The Balaban J connectivity index is 2.60. The highest BCUT2D eigenvalue weighted by molar-refractivity contribution is 7.98. The highest BCUT2D eigenvalue weighted by Crippen LogP contribution is 2.20. The first-order valence-electron chi connectivity index (χ1n) is 35.4. The van der Waals surface area contributed by atoms with Gasteiger partial charge in [-0.1, -0.05) is 64.4 Å². The van der Waals surface area contributed by atoms with Gasteiger partial charge in [-0.25, -0.2) is 4.79 Å². The number of benzene rings is 1. The van der Waals surface area contributed by atoms with Crippen molar-refractivity contribution in [3.63, 3.8) is 0 Å². The number of carbonyl (C=O) groups is 17. The van der Waals surface area contributed by atoms with Gasteiger partial charge in [-0.05, 0) is 114 Å². The number of hydrogen-bond donors (Lipinski definition) is 21. The number of aliphatic hydroxyl groups is 1. The largest absolute Gasteiger partial charge is 0.481 e. The summed E-state index contributed by atoms with van der Waals surface area (Å²) in [6.45, 7) is 8.79. The van der Waals surface area contributed by atoms with Gasteiger partial charge in [0.1, 0.15) is 72.5 Å². The fourth-order valence-corrected chi connectivity index (χ4v) is 11.5. The summed E-state index contributed by atoms with van der Waals surface area (Å²) in [6.07, 6.45) is -4.17. The SMILES string of the molecule is CC[C@H](C)[C@H](NC(=O)[C@H](CCC(N)=O)NC(=O)[C@H](CCCN=C(N)N)NC(=O)[C@@H](NC(=O)[C@H](Cc1ccccc1)NC(=O)[C@H](CCCCN)NC(=O)[C@H](CC(=O)O)NC(=O)[C@H](CCC(N)=O)NC(=O)[C@@H](NC(=O)[C@H](CC(=O)O)NC(=O)[C@@H]1CCCN1C(=O)[C@H](C)N)C(C)C)[C@@H](C)O)C(=O)N[C@@H](CCSC)C(=O)O. The average molecular weight is 1550 g/mol. The summed E-state index contributed by atoms with van der Waals surface area (Å²) >= 11 is 1.34. The lowest BCUT2D eigenvalue weighted by atomic mass is 9.97. The first-order valence-corrected chi connectivity index (χ1v) is 36.8. The van der Waals surface area contributed by atoms with Gasteiger partial charge in [-0.3, -0.25) is 81.7 Å². The Morgan fingerprint density at radius 1 is 0.528 bits per heavy atom. The molecule has 41 heteroatoms. The molecule has 1 saturated heterocycles. The number of likely N-dealkylation sites (tertiary alicyclic amines) is 1. The topological polar surface area (TPSA) is 675 Å². The van der Waals surface area contributed by atoms with Gasteiger partial charge in [0, 0.05) is 32.4 Å². The highest BCUT2D eigenvalue weighted by atomic mass is 32.2. The van der Waals surface area contributed by atoms with Gasteiger partial charge >= 0.3 is 17.9 Å². The number of carbonyl (C=O) groups excluding carboxylic acids is 14. The molecule has 0 unspecified atom stereocenters. The van der Waals surface area contributed by atoms with E-state index in [1.165, 1.54) is 37.4 Å². The number of amides is 14. The number of carboxylic acid groups (broad SMARTS) is 3. The summed E-state index contributed by atoms with van der Waals surface area (Å²) in [5.41, 5.74) is 33.9. The minimum absolute atomic E-state index is 0.0409. The molecule has 15 atom stereocenters. The zero-order valence-corrected chi connectivity index (χ0v) is 62.6. The van der Waals surface area contributed by atoms with E-state index in [1.54, 1.807) is 50.4 Å². The Morgan fingerprint density at radius 3 is 1.43 bits per heavy atom. The van der Waals surface area contributed by atoms with Crippen molar-refractivity contribution in [3.05, 3.63) is 35.9 Å². The molecule has 0 radical (unpaired) electrons. The molecule has 604 valence electrons. The number of nitrogens with one attached hydrogen (secondary N) is 11. The van der Waals surface area contributed by atoms with Crippen LogP contribution < -0.4 is 92.9 Å². The van der Waals surface area contributed by atoms with E-state index in [9.17, 15) is 102 Å². The Bertz CT molecular complexity index is 3310. The standard InChI is InChI=1S/C67H109N19O21S/c1-8-34(4)52(63(103)79-42(66(106)107)25-29-108-7)84-57(97)41(22-24-48(71)89)76-54(94)39(19-14-27-74-67(72)73)77-64(104)53(36(6)87)85-59(99)43(30-37-16-10-9-11-17-37)80-55(95)38(18-12-13-26-68)75-58(98)44(31-49(90)91)81-56(96)40(21-23-47(70)88)78-62(102)51(33(2)3)83-60(100)45(32-50(92)93)82-61(101)46-20-15-28-86(46)65(105)35(5)69/h9-11,16-17,33-36,38-46,51-53,87H,8,12-15,18-32,68-69H2,1-7H3,(H2,70,88)(H2,71,89)(H,75,98)(H,76,94)(H,77,104)(H,78,102)(H,79,103)(H,80,95)(H,81,96)(H,82,101)(H,83,100)(H,84,97)(H,85,99)(H,90,91)(H,92,93)(H,106,107)(H4,72,73,74)/t34-,35-,36+,38-,39-,40-,41-,42-,43-,44-,45-,46-,51-,52-,53-/m0/s1. The quantitative estimate of drug-likeness (QED) is 0.0164. The van der Waals surface area contributed by atoms with Crippen LogP contribution >= 0.6 is 11.8 Å². The number of aliphatic imine (C=N–C) groups is 1. The van der Waals surface area contributed by atoms with Crippen molar-refractivity contribution in [2.75, 3.05) is 31.6 Å². The molecule has 1 aromatic carbocycles. The highest BCUT2D eigenvalue weighted by Gasteiger charge is 2.41. The summed E-state index contributed by atoms with van der Waals surface area (Å²) in [6, 6.07) is -12.9. The van der Waals surface area contributed by atoms with Crippen molar-refractivity contribution in [3.8, 4) is 0 Å². The maximum absolute atomic E-state index is 14.7. The van der Waals surface area contributed by atoms with Gasteiger partial charge in [0.15, 0.2) is 5.96 Å². The number of carboxylic acids is 3. The molecule has 0 spiro atoms. The molecule has 40 nitrogen and oxygen atoms in total. The maximum Gasteiger partial charge on any atom is 0.326 e. The number of nitrogens with zero attached hydrogens (tertiary/aromatic N) is 2. The van der Waals surface area contributed by atoms with Gasteiger partial charge < -0.3 is 118 Å². The number of hydrogen-bond acceptors (Lipinski definition) is 22. The molecule has 2 rings (SSSR count). The van der Waals surface area contributed by atoms with E-state index < -0.39 is 236 Å². The average Bonchev–Trinajstić information content (AvgIpc) is 1.40. The number of nitrogens with two attached hydrogens (primary N) is 6. The smallest absolute Gasteiger partial charge is 0.326 e. The van der Waals surface area contributed by atoms with E-state index in [0.717, 1.165) is 6.92 Å². The predicted octanol–water partition coefficient (Wildman–Crippen LogP) is -6.52. The molecule has 27 N–H and O–H groups in total. The summed E-state index contributed by atoms with van der Waals surface area (Å²) in [4.78, 5) is 235. The second kappa shape index (κ2) is 48.1. The van der Waals surface area contributed by atoms with Crippen LogP contribution in [0.4, 0.5) is 0 Å². The Kier molecular flexibility index (Phi) is 41.8. The summed E-state index contributed by atoms with van der Waals surface area (Å²) in [7, 11) is 0. The van der Waals surface area contributed by atoms with Crippen LogP contribution in [0.1, 0.15) is 143 Å². The molecular weight excluding hydrogens is 1440 g/mol. The lowest BCUT2D eigenvalue weighted by Gasteiger charge is -2.30. The molecule has 0 bridgehead atoms. The second-order valence-electron chi connectivity index (χ2n) is 26.5. The molecule has 0 aromatic heterocycles. The summed E-state index contributed by atoms with van der Waals surface area (Å²) in [5.74, 6) is -20.7. The van der Waals surface area contributed by atoms with Gasteiger partial charge in [-0.15, -0.1) is 0 Å². The van der Waals surface area contributed by atoms with Crippen molar-refractivity contribution in [2.24, 2.45) is 51.2 Å². The maximum atomic E-state index is 14.7. The van der Waals surface area contributed by atoms with Crippen LogP contribution in [0.2, 0.25) is 0 Å². The van der Waals surface area contributed by atoms with Crippen LogP contribution in [0, 0.1) is 11.8 Å². The van der Waals surface area contributed by atoms with Gasteiger partial charge in [0.25, 0.3) is 0 Å². The number of aliphatic carboxylic acids is 3. The van der Waals surface area contributed by atoms with E-state index >= 15 is 0 Å². The van der Waals surface area contributed by atoms with Crippen LogP contribution in [-0.2, 0) is 87.9 Å². The normalized spacial score (nSPS) is 16.4. The minimum atomic E-state index is -2.09. The van der Waals surface area contributed by atoms with Crippen molar-refractivity contribution in [2.45, 2.75) is 229 Å². The molecule has 1 aromatic rings. The van der Waals surface area contributed by atoms with Crippen LogP contribution in [-0.4, -0.2) is 248 Å². The molecule has 1 aliphatic heterocycles. The monoisotopic (exact) mass is 1550 g/mol. The third-order valence-corrected chi connectivity index (χ3v) is 17.9. The zero-order chi connectivity index (χ0) is 81.7. The van der Waals surface area contributed by atoms with E-state index in [1.807, 2.05) is 0 Å². The number of guanidine groups is 1. The van der Waals surface area contributed by atoms with Crippen LogP contribution in [0.25, 0.3) is 0 Å². The summed E-state index contributed by atoms with van der Waals surface area (Å²) < 4.78 is 0. The zero-order valence-electron chi connectivity index (χ0n) is 61.8. The number of aliphatic hydroxyl groups excluding tert-OH is 1. The molecule has 1 aliphatic rings. The molecule has 0 aliphatic carbocycles. The van der Waals surface area contributed by atoms with E-state index in [4.69, 9.17) is 34.4 Å². The van der Waals surface area contributed by atoms with Crippen molar-refractivity contribution < 1.29 is 102 Å². The first-order chi connectivity index (χ1) is 50.8. The lowest BCUT2D eigenvalue weighted by Crippen LogP contribution is -2.62. The second-order valence-corrected chi connectivity index (χ2v) is 27.5. The molecule has 0 saturated carbocycles. The predicted molar refractivity (Wildman–Crippen MR) is 391 cm³/mol. The van der Waals surface area contributed by atoms with Gasteiger partial charge in [-0.2, -0.15) is 11.8 Å². The Hall–Kier alpha value is -10.3. The van der Waals surface area contributed by atoms with Crippen LogP contribution in [0.5, 0.6) is 0 Å². The number of primary amides is 2.